The summed E-state index contributed by atoms with van der Waals surface area (Å²) in [7, 11) is 0. The molecule has 380 valence electrons. The Kier molecular flexibility index (Phi) is 12.1. The molecule has 0 bridgehead atoms. The van der Waals surface area contributed by atoms with Gasteiger partial charge in [-0.2, -0.15) is 16.7 Å². The molecule has 74 heavy (non-hydrogen) atoms. The molecule has 1 saturated heterocycles. The molecule has 1 fully saturated rings. The van der Waals surface area contributed by atoms with Crippen LogP contribution in [0.25, 0.3) is 49.9 Å². The average Bonchev–Trinajstić information content (AvgIpc) is 3.83. The number of hydrogen-bond donors (Lipinski definition) is 0. The largest absolute Gasteiger partial charge is 0.509 e. The van der Waals surface area contributed by atoms with E-state index in [4.69, 9.17) is 9.72 Å². The number of benzene rings is 7. The van der Waals surface area contributed by atoms with Crippen LogP contribution >= 0.6 is 0 Å². The summed E-state index contributed by atoms with van der Waals surface area (Å²) in [4.78, 5) is 5.19. The van der Waals surface area contributed by atoms with Crippen LogP contribution in [0, 0.1) is 18.8 Å². The molecule has 2 aromatic heterocycles. The molecule has 0 aliphatic carbocycles. The smallest absolute Gasteiger partial charge is 0.225 e. The summed E-state index contributed by atoms with van der Waals surface area (Å²) in [6.07, 6.45) is 1.98. The van der Waals surface area contributed by atoms with E-state index in [2.05, 4.69) is 267 Å². The molecule has 2 aliphatic heterocycles. The fourth-order valence-electron chi connectivity index (χ4n) is 11.2. The molecule has 5 nitrogen and oxygen atoms in total. The van der Waals surface area contributed by atoms with Crippen LogP contribution in [0.2, 0.25) is 0 Å². The number of fused-ring (bicyclic) bond motifs is 7. The number of pyridine rings is 1. The standard InChI is InChI=1S/C68H71N4O.Pt/c1-64(2,3)47-28-30-54-55-31-29-53(42-59(55)70(58(54)40-47)62-36-45(32-33-69-62)63-56(67(10,11)12)38-49(66(7,8)9)39-57(63)68(13,14)15)73-52-25-21-24-50(41-52)71-43-72(71,61-27-20-19-26-60(61)71)51-35-46(44-22-17-16-18-23-44)34-48(37-51)65(4,5)6;/h16-40,43H,1-15H3;/q-1;/t71?,72-;/m0./s1. The first kappa shape index (κ1) is 51.4. The predicted octanol–water partition coefficient (Wildman–Crippen LogP) is 18.7. The van der Waals surface area contributed by atoms with E-state index >= 15 is 0 Å². The molecule has 11 rings (SSSR count). The molecule has 6 heteroatoms. The van der Waals surface area contributed by atoms with Gasteiger partial charge in [-0.25, -0.2) is 9.58 Å². The predicted molar refractivity (Wildman–Crippen MR) is 307 cm³/mol. The van der Waals surface area contributed by atoms with Crippen LogP contribution in [-0.4, -0.2) is 9.55 Å². The number of aromatic nitrogens is 2. The summed E-state index contributed by atoms with van der Waals surface area (Å²) in [6.45, 7) is 37.2. The Morgan fingerprint density at radius 3 is 1.70 bits per heavy atom. The van der Waals surface area contributed by atoms with Crippen molar-refractivity contribution in [2.45, 2.75) is 131 Å². The van der Waals surface area contributed by atoms with E-state index in [1.807, 2.05) is 12.3 Å². The topological polar surface area (TPSA) is 27.1 Å². The molecule has 7 aromatic carbocycles. The van der Waals surface area contributed by atoms with Gasteiger partial charge in [-0.1, -0.05) is 188 Å². The number of quaternary nitrogens is 2. The van der Waals surface area contributed by atoms with Crippen LogP contribution in [0.5, 0.6) is 11.5 Å². The first-order valence-electron chi connectivity index (χ1n) is 26.1. The molecule has 4 heterocycles. The molecule has 0 spiro atoms. The Morgan fingerprint density at radius 2 is 1.07 bits per heavy atom. The van der Waals surface area contributed by atoms with Gasteiger partial charge in [0.1, 0.15) is 5.82 Å². The van der Waals surface area contributed by atoms with Gasteiger partial charge in [-0.05, 0) is 101 Å². The maximum absolute atomic E-state index is 6.90. The second-order valence-corrected chi connectivity index (χ2v) is 25.9. The van der Waals surface area contributed by atoms with Gasteiger partial charge in [-0.3, -0.25) is 0 Å². The van der Waals surface area contributed by atoms with Gasteiger partial charge in [-0.15, -0.1) is 29.7 Å². The molecule has 0 radical (unpaired) electrons. The third-order valence-corrected chi connectivity index (χ3v) is 15.4. The Balaban J connectivity index is 0.00000626. The van der Waals surface area contributed by atoms with Crippen molar-refractivity contribution in [3.8, 4) is 39.6 Å². The van der Waals surface area contributed by atoms with Gasteiger partial charge in [0.25, 0.3) is 0 Å². The zero-order valence-electron chi connectivity index (χ0n) is 46.0. The molecular weight excluding hydrogens is 1080 g/mol. The third-order valence-electron chi connectivity index (χ3n) is 15.4. The van der Waals surface area contributed by atoms with Crippen molar-refractivity contribution in [2.24, 2.45) is 0 Å². The monoisotopic (exact) mass is 1150 g/mol. The maximum atomic E-state index is 6.90. The Morgan fingerprint density at radius 1 is 0.473 bits per heavy atom. The van der Waals surface area contributed by atoms with Crippen molar-refractivity contribution in [1.29, 1.82) is 0 Å². The normalized spacial score (nSPS) is 17.6. The van der Waals surface area contributed by atoms with Crippen LogP contribution in [0.4, 0.5) is 22.7 Å². The van der Waals surface area contributed by atoms with Crippen LogP contribution < -0.4 is 13.9 Å². The molecule has 0 N–H and O–H groups in total. The van der Waals surface area contributed by atoms with E-state index < -0.39 is 0 Å². The van der Waals surface area contributed by atoms with Gasteiger partial charge in [0.15, 0.2) is 12.4 Å². The van der Waals surface area contributed by atoms with Crippen LogP contribution in [-0.2, 0) is 48.1 Å². The number of ether oxygens (including phenoxy) is 1. The van der Waals surface area contributed by atoms with Crippen LogP contribution in [0.3, 0.4) is 0 Å². The molecule has 0 amide bonds. The van der Waals surface area contributed by atoms with Gasteiger partial charge in [0.2, 0.25) is 11.4 Å². The molecule has 0 saturated carbocycles. The fourth-order valence-corrected chi connectivity index (χ4v) is 11.2. The van der Waals surface area contributed by atoms with E-state index in [1.165, 1.54) is 61.6 Å². The average molecular weight is 1160 g/mol. The van der Waals surface area contributed by atoms with E-state index in [0.29, 0.717) is 20.7 Å². The molecule has 9 aromatic rings. The number of nitrogens with zero attached hydrogens (tertiary/aromatic N) is 4. The zero-order valence-corrected chi connectivity index (χ0v) is 48.3. The summed E-state index contributed by atoms with van der Waals surface area (Å²) in [6, 6.07) is 61.2. The maximum Gasteiger partial charge on any atom is 0.225 e. The summed E-state index contributed by atoms with van der Waals surface area (Å²) in [5.41, 5.74) is 17.9. The van der Waals surface area contributed by atoms with Gasteiger partial charge < -0.3 is 9.30 Å². The zero-order chi connectivity index (χ0) is 51.8. The van der Waals surface area contributed by atoms with Gasteiger partial charge in [0.05, 0.1) is 5.69 Å². The van der Waals surface area contributed by atoms with Crippen LogP contribution in [0.1, 0.15) is 132 Å². The summed E-state index contributed by atoms with van der Waals surface area (Å²) in [5.74, 6) is 2.09. The first-order valence-corrected chi connectivity index (χ1v) is 26.1. The third kappa shape index (κ3) is 8.39. The van der Waals surface area contributed by atoms with Crippen molar-refractivity contribution in [1.82, 2.24) is 18.7 Å². The quantitative estimate of drug-likeness (QED) is 0.0903. The van der Waals surface area contributed by atoms with E-state index in [-0.39, 0.29) is 48.1 Å². The fraction of sp³-hybridized carbons (Fsp3) is 0.294. The van der Waals surface area contributed by atoms with Crippen molar-refractivity contribution >= 4 is 44.6 Å². The summed E-state index contributed by atoms with van der Waals surface area (Å²) < 4.78 is 10.3. The molecule has 2 aliphatic rings. The van der Waals surface area contributed by atoms with E-state index in [1.54, 1.807) is 0 Å². The Bertz CT molecular complexity index is 3630. The molecule has 2 atom stereocenters. The second-order valence-electron chi connectivity index (χ2n) is 25.9. The number of para-hydroxylation sites is 2. The number of hydrogen-bond acceptors (Lipinski definition) is 2. The first-order chi connectivity index (χ1) is 34.3. The number of rotatable bonds is 7. The summed E-state index contributed by atoms with van der Waals surface area (Å²) in [5, 5.41) is 2.24. The van der Waals surface area contributed by atoms with E-state index in [0.717, 1.165) is 38.9 Å². The van der Waals surface area contributed by atoms with Gasteiger partial charge in [0, 0.05) is 68.5 Å². The SMILES string of the molecule is CC(C)(C)c1cc(-c2ccccc2)cc([N@+]23[CH-][N+]2(c2[c-]c(Oc4[c-]c5c(cc4)c4ccc(C(C)(C)C)cc4n5-c4cc(-c5c(C(C)(C)C)cc(C(C)(C)C)cc5C(C)(C)C)ccn4)ccc2)c2ccccc23)c1.[Pt]. The molecular formula is C68H71N4OPt-. The van der Waals surface area contributed by atoms with Crippen molar-refractivity contribution in [3.63, 3.8) is 0 Å². The second kappa shape index (κ2) is 17.5. The summed E-state index contributed by atoms with van der Waals surface area (Å²) >= 11 is 0. The minimum Gasteiger partial charge on any atom is -0.509 e. The molecule has 1 unspecified atom stereocenters. The van der Waals surface area contributed by atoms with Crippen molar-refractivity contribution in [2.75, 3.05) is 0 Å². The Labute approximate surface area is 455 Å². The minimum absolute atomic E-state index is 0. The Hall–Kier alpha value is -6.10. The van der Waals surface area contributed by atoms with Gasteiger partial charge >= 0.3 is 0 Å². The van der Waals surface area contributed by atoms with Crippen LogP contribution in [0.15, 0.2) is 152 Å². The van der Waals surface area contributed by atoms with Crippen molar-refractivity contribution in [3.05, 3.63) is 198 Å². The van der Waals surface area contributed by atoms with E-state index in [9.17, 15) is 0 Å². The van der Waals surface area contributed by atoms with Crippen molar-refractivity contribution < 1.29 is 25.8 Å². The minimum atomic E-state index is -0.107.